The van der Waals surface area contributed by atoms with E-state index in [0.29, 0.717) is 11.8 Å². The van der Waals surface area contributed by atoms with Gasteiger partial charge in [0, 0.05) is 6.07 Å². The molecule has 2 N–H and O–H groups in total. The fourth-order valence-electron chi connectivity index (χ4n) is 1.66. The van der Waals surface area contributed by atoms with E-state index in [1.54, 1.807) is 6.07 Å². The largest absolute Gasteiger partial charge is 0.506 e. The molecule has 0 aliphatic heterocycles. The highest BCUT2D eigenvalue weighted by molar-refractivity contribution is 5.90. The normalized spacial score (nSPS) is 10.2. The first-order chi connectivity index (χ1) is 10.0. The summed E-state index contributed by atoms with van der Waals surface area (Å²) in [4.78, 5) is 15.3. The van der Waals surface area contributed by atoms with E-state index in [1.807, 2.05) is 0 Å². The van der Waals surface area contributed by atoms with Crippen LogP contribution in [0.4, 0.5) is 14.5 Å². The van der Waals surface area contributed by atoms with Crippen LogP contribution < -0.4 is 5.32 Å². The highest BCUT2D eigenvalue weighted by Crippen LogP contribution is 2.21. The van der Waals surface area contributed by atoms with Crippen LogP contribution in [0.2, 0.25) is 0 Å². The Bertz CT molecular complexity index is 660. The monoisotopic (exact) mass is 294 g/mol. The summed E-state index contributed by atoms with van der Waals surface area (Å²) in [5, 5.41) is 11.8. The predicted molar refractivity (Wildman–Crippen MR) is 70.9 cm³/mol. The van der Waals surface area contributed by atoms with Crippen LogP contribution in [0.25, 0.3) is 0 Å². The molecule has 2 aromatic rings. The minimum absolute atomic E-state index is 0.0136. The third-order valence-corrected chi connectivity index (χ3v) is 2.73. The number of halogens is 2. The Hall–Kier alpha value is -2.70. The van der Waals surface area contributed by atoms with Gasteiger partial charge in [-0.25, -0.2) is 13.6 Å². The zero-order valence-corrected chi connectivity index (χ0v) is 11.1. The van der Waals surface area contributed by atoms with Crippen LogP contribution in [0.15, 0.2) is 30.5 Å². The average Bonchev–Trinajstić information content (AvgIpc) is 2.47. The lowest BCUT2D eigenvalue weighted by atomic mass is 10.1. The summed E-state index contributed by atoms with van der Waals surface area (Å²) in [6.07, 6.45) is 1.25. The minimum Gasteiger partial charge on any atom is -0.506 e. The molecular weight excluding hydrogens is 282 g/mol. The smallest absolute Gasteiger partial charge is 0.340 e. The Kier molecular flexibility index (Phi) is 4.32. The van der Waals surface area contributed by atoms with E-state index in [4.69, 9.17) is 5.11 Å². The summed E-state index contributed by atoms with van der Waals surface area (Å²) in [6, 6.07) is 4.63. The van der Waals surface area contributed by atoms with Crippen molar-refractivity contribution < 1.29 is 23.4 Å². The van der Waals surface area contributed by atoms with Gasteiger partial charge in [0.25, 0.3) is 0 Å². The number of esters is 1. The maximum absolute atomic E-state index is 13.6. The number of nitrogens with one attached hydrogen (secondary N) is 1. The lowest BCUT2D eigenvalue weighted by molar-refractivity contribution is 0.0595. The van der Waals surface area contributed by atoms with Gasteiger partial charge in [-0.1, -0.05) is 0 Å². The third-order valence-electron chi connectivity index (χ3n) is 2.73. The number of methoxy groups -OCH3 is 1. The number of carbonyl (C=O) groups excluding carboxylic acids is 1. The number of aromatic nitrogens is 1. The topological polar surface area (TPSA) is 71.5 Å². The van der Waals surface area contributed by atoms with Crippen LogP contribution in [0.3, 0.4) is 0 Å². The van der Waals surface area contributed by atoms with Crippen molar-refractivity contribution >= 4 is 11.7 Å². The zero-order valence-electron chi connectivity index (χ0n) is 11.1. The molecule has 0 radical (unpaired) electrons. The van der Waals surface area contributed by atoms with Gasteiger partial charge in [-0.15, -0.1) is 0 Å². The highest BCUT2D eigenvalue weighted by atomic mass is 19.1. The number of anilines is 1. The first-order valence-electron chi connectivity index (χ1n) is 5.96. The van der Waals surface area contributed by atoms with Gasteiger partial charge < -0.3 is 15.2 Å². The molecule has 1 heterocycles. The number of nitrogens with zero attached hydrogens (tertiary/aromatic N) is 1. The van der Waals surface area contributed by atoms with E-state index in [2.05, 4.69) is 15.0 Å². The highest BCUT2D eigenvalue weighted by Gasteiger charge is 2.16. The van der Waals surface area contributed by atoms with Crippen molar-refractivity contribution in [3.8, 4) is 5.75 Å². The number of pyridine rings is 1. The predicted octanol–water partition coefficient (Wildman–Crippen LogP) is 2.46. The summed E-state index contributed by atoms with van der Waals surface area (Å²) < 4.78 is 31.5. The molecule has 0 fully saturated rings. The van der Waals surface area contributed by atoms with Gasteiger partial charge in [-0.05, 0) is 18.2 Å². The van der Waals surface area contributed by atoms with Crippen LogP contribution in [0.1, 0.15) is 16.1 Å². The van der Waals surface area contributed by atoms with Crippen LogP contribution in [-0.4, -0.2) is 23.2 Å². The molecule has 0 atom stereocenters. The lowest BCUT2D eigenvalue weighted by Crippen LogP contribution is -2.09. The standard InChI is InChI=1S/C14H12F2N2O3/c1-21-14(20)10-4-13(12(16)5-11(10)15)18-6-8-2-3-9(19)7-17-8/h2-5,7,18-19H,6H2,1H3. The molecule has 0 saturated carbocycles. The molecule has 0 unspecified atom stereocenters. The Morgan fingerprint density at radius 1 is 1.33 bits per heavy atom. The minimum atomic E-state index is -0.993. The molecule has 0 aliphatic carbocycles. The Balaban J connectivity index is 2.19. The van der Waals surface area contributed by atoms with E-state index in [9.17, 15) is 13.6 Å². The lowest BCUT2D eigenvalue weighted by Gasteiger charge is -2.09. The van der Waals surface area contributed by atoms with Gasteiger partial charge in [0.1, 0.15) is 17.4 Å². The van der Waals surface area contributed by atoms with Crippen molar-refractivity contribution in [1.82, 2.24) is 4.98 Å². The van der Waals surface area contributed by atoms with Crippen molar-refractivity contribution in [3.05, 3.63) is 53.4 Å². The fourth-order valence-corrected chi connectivity index (χ4v) is 1.66. The first kappa shape index (κ1) is 14.7. The molecule has 1 aromatic carbocycles. The molecule has 7 heteroatoms. The number of hydrogen-bond acceptors (Lipinski definition) is 5. The maximum atomic E-state index is 13.6. The second-order valence-corrected chi connectivity index (χ2v) is 4.16. The van der Waals surface area contributed by atoms with Gasteiger partial charge in [0.15, 0.2) is 0 Å². The molecule has 5 nitrogen and oxygen atoms in total. The number of benzene rings is 1. The summed E-state index contributed by atoms with van der Waals surface area (Å²) in [5.74, 6) is -2.70. The van der Waals surface area contributed by atoms with Crippen LogP contribution in [0.5, 0.6) is 5.75 Å². The molecule has 0 spiro atoms. The molecule has 110 valence electrons. The third kappa shape index (κ3) is 3.44. The van der Waals surface area contributed by atoms with Crippen LogP contribution in [0, 0.1) is 11.6 Å². The molecule has 21 heavy (non-hydrogen) atoms. The molecule has 0 amide bonds. The van der Waals surface area contributed by atoms with Crippen LogP contribution >= 0.6 is 0 Å². The van der Waals surface area contributed by atoms with Crippen molar-refractivity contribution in [2.24, 2.45) is 0 Å². The molecule has 0 aliphatic rings. The Labute approximate surface area is 119 Å². The van der Waals surface area contributed by atoms with Gasteiger partial charge in [0.05, 0.1) is 36.8 Å². The molecule has 0 saturated heterocycles. The summed E-state index contributed by atoms with van der Waals surface area (Å²) in [5.41, 5.74) is 0.128. The number of aromatic hydroxyl groups is 1. The summed E-state index contributed by atoms with van der Waals surface area (Å²) in [6.45, 7) is 0.142. The Morgan fingerprint density at radius 3 is 2.71 bits per heavy atom. The van der Waals surface area contributed by atoms with Gasteiger partial charge in [-0.2, -0.15) is 0 Å². The molecule has 2 rings (SSSR count). The quantitative estimate of drug-likeness (QED) is 0.848. The van der Waals surface area contributed by atoms with E-state index in [0.717, 1.165) is 13.2 Å². The average molecular weight is 294 g/mol. The summed E-state index contributed by atoms with van der Waals surface area (Å²) >= 11 is 0. The first-order valence-corrected chi connectivity index (χ1v) is 5.96. The molecule has 1 aromatic heterocycles. The second kappa shape index (κ2) is 6.17. The van der Waals surface area contributed by atoms with Crippen molar-refractivity contribution in [2.45, 2.75) is 6.54 Å². The number of hydrogen-bond donors (Lipinski definition) is 2. The Morgan fingerprint density at radius 2 is 2.10 bits per heavy atom. The van der Waals surface area contributed by atoms with Gasteiger partial charge in [0.2, 0.25) is 0 Å². The fraction of sp³-hybridized carbons (Fsp3) is 0.143. The summed E-state index contributed by atoms with van der Waals surface area (Å²) in [7, 11) is 1.11. The molecular formula is C14H12F2N2O3. The van der Waals surface area contributed by atoms with E-state index < -0.39 is 17.6 Å². The SMILES string of the molecule is COC(=O)c1cc(NCc2ccc(O)cn2)c(F)cc1F. The number of rotatable bonds is 4. The van der Waals surface area contributed by atoms with E-state index in [1.165, 1.54) is 12.3 Å². The second-order valence-electron chi connectivity index (χ2n) is 4.16. The maximum Gasteiger partial charge on any atom is 0.340 e. The van der Waals surface area contributed by atoms with Crippen molar-refractivity contribution in [1.29, 1.82) is 0 Å². The van der Waals surface area contributed by atoms with E-state index >= 15 is 0 Å². The van der Waals surface area contributed by atoms with Gasteiger partial charge in [-0.3, -0.25) is 4.98 Å². The number of carbonyl (C=O) groups is 1. The van der Waals surface area contributed by atoms with Crippen molar-refractivity contribution in [3.63, 3.8) is 0 Å². The van der Waals surface area contributed by atoms with Crippen LogP contribution in [-0.2, 0) is 11.3 Å². The van der Waals surface area contributed by atoms with Crippen molar-refractivity contribution in [2.75, 3.05) is 12.4 Å². The zero-order chi connectivity index (χ0) is 15.4. The van der Waals surface area contributed by atoms with Gasteiger partial charge >= 0.3 is 5.97 Å². The van der Waals surface area contributed by atoms with E-state index in [-0.39, 0.29) is 23.5 Å². The molecule has 0 bridgehead atoms. The number of ether oxygens (including phenoxy) is 1.